The van der Waals surface area contributed by atoms with Crippen LogP contribution in [0.2, 0.25) is 5.02 Å². The van der Waals surface area contributed by atoms with Crippen LogP contribution in [0.4, 0.5) is 0 Å². The van der Waals surface area contributed by atoms with E-state index >= 15 is 0 Å². The highest BCUT2D eigenvalue weighted by molar-refractivity contribution is 8.13. The molecule has 0 saturated carbocycles. The molecule has 1 aromatic carbocycles. The van der Waals surface area contributed by atoms with Crippen LogP contribution in [0.3, 0.4) is 0 Å². The fourth-order valence-electron chi connectivity index (χ4n) is 2.14. The summed E-state index contributed by atoms with van der Waals surface area (Å²) < 4.78 is 1.96. The largest absolute Gasteiger partial charge is 0.494 e. The third kappa shape index (κ3) is 4.24. The molecular weight excluding hydrogens is 362 g/mol. The molecule has 0 atom stereocenters. The van der Waals surface area contributed by atoms with Gasteiger partial charge in [0.1, 0.15) is 10.6 Å². The summed E-state index contributed by atoms with van der Waals surface area (Å²) in [7, 11) is 2.76. The molecule has 8 heteroatoms. The number of halogens is 1. The van der Waals surface area contributed by atoms with Crippen molar-refractivity contribution in [1.82, 2.24) is 9.13 Å². The second-order valence-electron chi connectivity index (χ2n) is 5.26. The van der Waals surface area contributed by atoms with Crippen molar-refractivity contribution in [2.45, 2.75) is 5.75 Å². The first-order valence-electron chi connectivity index (χ1n) is 7.38. The predicted molar refractivity (Wildman–Crippen MR) is 103 cm³/mol. The Morgan fingerprint density at radius 1 is 1.36 bits per heavy atom. The minimum Gasteiger partial charge on any atom is -0.494 e. The van der Waals surface area contributed by atoms with E-state index in [0.29, 0.717) is 15.8 Å². The van der Waals surface area contributed by atoms with Crippen LogP contribution in [-0.2, 0) is 19.8 Å². The maximum Gasteiger partial charge on any atom is 0.333 e. The van der Waals surface area contributed by atoms with Gasteiger partial charge in [-0.1, -0.05) is 29.8 Å². The van der Waals surface area contributed by atoms with E-state index in [0.717, 1.165) is 14.7 Å². The Bertz CT molecular complexity index is 947. The number of hydrogen-bond acceptors (Lipinski definition) is 5. The van der Waals surface area contributed by atoms with Gasteiger partial charge >= 0.3 is 5.69 Å². The molecule has 2 rings (SSSR count). The number of aromatic nitrogens is 2. The van der Waals surface area contributed by atoms with E-state index in [1.165, 1.54) is 25.9 Å². The van der Waals surface area contributed by atoms with Crippen LogP contribution in [0, 0.1) is 0 Å². The smallest absolute Gasteiger partial charge is 0.333 e. The number of hydrogen-bond donors (Lipinski definition) is 1. The summed E-state index contributed by atoms with van der Waals surface area (Å²) in [4.78, 5) is 28.7. The van der Waals surface area contributed by atoms with E-state index < -0.39 is 17.1 Å². The van der Waals surface area contributed by atoms with Crippen molar-refractivity contribution in [3.8, 4) is 5.88 Å². The van der Waals surface area contributed by atoms with Crippen LogP contribution < -0.4 is 11.2 Å². The standard InChI is InChI=1S/C17H18ClN3O3S/c1-4-8-19-14(25-10-11-6-5-7-12(18)9-11)13-15(22)20(2)17(24)21(3)16(13)23/h4-7,9,22H,1,8,10H2,2-3H3. The first-order valence-corrected chi connectivity index (χ1v) is 8.75. The molecule has 25 heavy (non-hydrogen) atoms. The molecule has 1 N–H and O–H groups in total. The van der Waals surface area contributed by atoms with Gasteiger partial charge in [0, 0.05) is 24.9 Å². The predicted octanol–water partition coefficient (Wildman–Crippen LogP) is 2.31. The molecule has 0 amide bonds. The Morgan fingerprint density at radius 2 is 2.08 bits per heavy atom. The maximum absolute atomic E-state index is 12.5. The van der Waals surface area contributed by atoms with Gasteiger partial charge in [-0.3, -0.25) is 18.9 Å². The van der Waals surface area contributed by atoms with Gasteiger partial charge in [0.2, 0.25) is 5.88 Å². The number of aliphatic imine (C=N–C) groups is 1. The molecule has 0 unspecified atom stereocenters. The fourth-order valence-corrected chi connectivity index (χ4v) is 3.33. The van der Waals surface area contributed by atoms with Crippen LogP contribution in [0.25, 0.3) is 0 Å². The zero-order valence-electron chi connectivity index (χ0n) is 13.9. The Balaban J connectivity index is 2.47. The zero-order valence-corrected chi connectivity index (χ0v) is 15.5. The normalized spacial score (nSPS) is 11.6. The molecule has 1 heterocycles. The number of aromatic hydroxyl groups is 1. The van der Waals surface area contributed by atoms with E-state index in [9.17, 15) is 14.7 Å². The van der Waals surface area contributed by atoms with Crippen molar-refractivity contribution in [2.75, 3.05) is 6.54 Å². The van der Waals surface area contributed by atoms with E-state index in [2.05, 4.69) is 11.6 Å². The maximum atomic E-state index is 12.5. The topological polar surface area (TPSA) is 76.6 Å². The Kier molecular flexibility index (Phi) is 6.27. The van der Waals surface area contributed by atoms with Crippen molar-refractivity contribution in [3.63, 3.8) is 0 Å². The molecule has 0 radical (unpaired) electrons. The lowest BCUT2D eigenvalue weighted by atomic mass is 10.2. The SMILES string of the molecule is C=CCN=C(SCc1cccc(Cl)c1)c1c(O)n(C)c(=O)n(C)c1=O. The van der Waals surface area contributed by atoms with Crippen LogP contribution in [0.1, 0.15) is 11.1 Å². The number of benzene rings is 1. The minimum atomic E-state index is -0.603. The first-order chi connectivity index (χ1) is 11.9. The monoisotopic (exact) mass is 379 g/mol. The summed E-state index contributed by atoms with van der Waals surface area (Å²) in [5.41, 5.74) is -0.250. The summed E-state index contributed by atoms with van der Waals surface area (Å²) in [6.07, 6.45) is 1.59. The summed E-state index contributed by atoms with van der Waals surface area (Å²) in [6.45, 7) is 3.90. The molecule has 2 aromatic rings. The van der Waals surface area contributed by atoms with Gasteiger partial charge < -0.3 is 5.11 Å². The van der Waals surface area contributed by atoms with E-state index in [-0.39, 0.29) is 12.1 Å². The van der Waals surface area contributed by atoms with E-state index in [4.69, 9.17) is 11.6 Å². The van der Waals surface area contributed by atoms with Gasteiger partial charge in [0.05, 0.1) is 6.54 Å². The van der Waals surface area contributed by atoms with Gasteiger partial charge in [0.15, 0.2) is 0 Å². The van der Waals surface area contributed by atoms with Crippen LogP contribution in [0.5, 0.6) is 5.88 Å². The first kappa shape index (κ1) is 19.1. The molecule has 132 valence electrons. The molecule has 0 spiro atoms. The lowest BCUT2D eigenvalue weighted by Crippen LogP contribution is -2.39. The van der Waals surface area contributed by atoms with E-state index in [1.54, 1.807) is 12.1 Å². The van der Waals surface area contributed by atoms with Crippen LogP contribution >= 0.6 is 23.4 Å². The molecule has 0 bridgehead atoms. The molecule has 0 aliphatic heterocycles. The average Bonchev–Trinajstić information content (AvgIpc) is 2.60. The Hall–Kier alpha value is -2.25. The van der Waals surface area contributed by atoms with Gasteiger partial charge in [-0.15, -0.1) is 18.3 Å². The molecule has 6 nitrogen and oxygen atoms in total. The molecule has 0 aliphatic rings. The highest BCUT2D eigenvalue weighted by atomic mass is 35.5. The highest BCUT2D eigenvalue weighted by Gasteiger charge is 2.20. The fraction of sp³-hybridized carbons (Fsp3) is 0.235. The van der Waals surface area contributed by atoms with Gasteiger partial charge in [0.25, 0.3) is 5.56 Å². The lowest BCUT2D eigenvalue weighted by molar-refractivity contribution is 0.410. The summed E-state index contributed by atoms with van der Waals surface area (Å²) in [5.74, 6) is 0.0941. The molecular formula is C17H18ClN3O3S. The highest BCUT2D eigenvalue weighted by Crippen LogP contribution is 2.23. The molecule has 0 fully saturated rings. The number of rotatable bonds is 5. The van der Waals surface area contributed by atoms with Crippen molar-refractivity contribution >= 4 is 28.4 Å². The average molecular weight is 380 g/mol. The van der Waals surface area contributed by atoms with Crippen LogP contribution in [-0.4, -0.2) is 25.8 Å². The zero-order chi connectivity index (χ0) is 18.6. The van der Waals surface area contributed by atoms with Crippen molar-refractivity contribution in [3.05, 3.63) is 73.9 Å². The summed E-state index contributed by atoms with van der Waals surface area (Å²) in [6, 6.07) is 7.33. The lowest BCUT2D eigenvalue weighted by Gasteiger charge is -2.12. The van der Waals surface area contributed by atoms with Crippen molar-refractivity contribution < 1.29 is 5.11 Å². The van der Waals surface area contributed by atoms with Gasteiger partial charge in [-0.2, -0.15) is 0 Å². The van der Waals surface area contributed by atoms with Crippen molar-refractivity contribution in [2.24, 2.45) is 19.1 Å². The van der Waals surface area contributed by atoms with E-state index in [1.807, 2.05) is 18.2 Å². The van der Waals surface area contributed by atoms with Gasteiger partial charge in [-0.25, -0.2) is 4.79 Å². The summed E-state index contributed by atoms with van der Waals surface area (Å²) in [5, 5.41) is 11.3. The summed E-state index contributed by atoms with van der Waals surface area (Å²) >= 11 is 7.27. The Labute approximate surface area is 154 Å². The third-order valence-electron chi connectivity index (χ3n) is 3.48. The van der Waals surface area contributed by atoms with Gasteiger partial charge in [-0.05, 0) is 17.7 Å². The molecule has 1 aromatic heterocycles. The molecule has 0 saturated heterocycles. The second-order valence-corrected chi connectivity index (χ2v) is 6.66. The van der Waals surface area contributed by atoms with Crippen LogP contribution in [0.15, 0.2) is 51.5 Å². The quantitative estimate of drug-likeness (QED) is 0.491. The second kappa shape index (κ2) is 8.22. The number of thioether (sulfide) groups is 1. The Morgan fingerprint density at radius 3 is 2.72 bits per heavy atom. The third-order valence-corrected chi connectivity index (χ3v) is 4.80. The minimum absolute atomic E-state index is 0.00141. The van der Waals surface area contributed by atoms with Crippen molar-refractivity contribution in [1.29, 1.82) is 0 Å². The molecule has 0 aliphatic carbocycles. The number of nitrogens with zero attached hydrogens (tertiary/aromatic N) is 3.